The van der Waals surface area contributed by atoms with Gasteiger partial charge in [0, 0.05) is 0 Å². The zero-order chi connectivity index (χ0) is 12.3. The van der Waals surface area contributed by atoms with Crippen LogP contribution >= 0.6 is 0 Å². The van der Waals surface area contributed by atoms with Crippen molar-refractivity contribution in [2.75, 3.05) is 0 Å². The number of benzene rings is 1. The second-order valence-electron chi connectivity index (χ2n) is 3.08. The van der Waals surface area contributed by atoms with Gasteiger partial charge in [-0.25, -0.2) is 10.1 Å². The van der Waals surface area contributed by atoms with Crippen LogP contribution in [0.4, 0.5) is 0 Å². The molecular formula is C10H7N3O4. The van der Waals surface area contributed by atoms with Crippen molar-refractivity contribution in [3.8, 4) is 5.75 Å². The molecule has 86 valence electrons. The van der Waals surface area contributed by atoms with Gasteiger partial charge in [-0.15, -0.1) is 5.06 Å². The lowest BCUT2D eigenvalue weighted by Gasteiger charge is -2.12. The Balaban J connectivity index is 2.20. The molecule has 0 bridgehead atoms. The summed E-state index contributed by atoms with van der Waals surface area (Å²) in [5, 5.41) is 13.7. The first kappa shape index (κ1) is 10.7. The molecule has 1 aliphatic heterocycles. The predicted octanol–water partition coefficient (Wildman–Crippen LogP) is 0.634. The van der Waals surface area contributed by atoms with Gasteiger partial charge in [0.2, 0.25) is 0 Å². The highest BCUT2D eigenvalue weighted by molar-refractivity contribution is 5.53. The number of hydrogen-bond donors (Lipinski definition) is 1. The van der Waals surface area contributed by atoms with E-state index in [-0.39, 0.29) is 11.6 Å². The summed E-state index contributed by atoms with van der Waals surface area (Å²) in [6.07, 6.45) is 1.06. The third-order valence-electron chi connectivity index (χ3n) is 1.95. The van der Waals surface area contributed by atoms with E-state index in [2.05, 4.69) is 5.32 Å². The summed E-state index contributed by atoms with van der Waals surface area (Å²) in [6.45, 7) is 0. The summed E-state index contributed by atoms with van der Waals surface area (Å²) in [5.74, 6) is 1.45. The number of rotatable bonds is 3. The van der Waals surface area contributed by atoms with Crippen LogP contribution in [0.1, 0.15) is 0 Å². The fourth-order valence-corrected chi connectivity index (χ4v) is 1.21. The topological polar surface area (TPSA) is 84.7 Å². The molecule has 0 unspecified atom stereocenters. The van der Waals surface area contributed by atoms with Gasteiger partial charge < -0.3 is 15.0 Å². The molecule has 0 atom stereocenters. The van der Waals surface area contributed by atoms with Crippen LogP contribution < -0.4 is 10.2 Å². The molecule has 17 heavy (non-hydrogen) atoms. The fraction of sp³-hybridized carbons (Fsp3) is 0. The maximum atomic E-state index is 10.6. The lowest BCUT2D eigenvalue weighted by atomic mass is 10.3. The van der Waals surface area contributed by atoms with Crippen molar-refractivity contribution in [3.63, 3.8) is 0 Å². The molecule has 0 saturated carbocycles. The summed E-state index contributed by atoms with van der Waals surface area (Å²) in [7, 11) is 0. The van der Waals surface area contributed by atoms with E-state index in [4.69, 9.17) is 4.84 Å². The Morgan fingerprint density at radius 3 is 2.65 bits per heavy atom. The van der Waals surface area contributed by atoms with Crippen molar-refractivity contribution in [1.29, 1.82) is 0 Å². The second-order valence-corrected chi connectivity index (χ2v) is 3.08. The maximum absolute atomic E-state index is 10.6. The van der Waals surface area contributed by atoms with Crippen molar-refractivity contribution in [2.24, 2.45) is 0 Å². The Morgan fingerprint density at radius 2 is 2.06 bits per heavy atom. The average Bonchev–Trinajstić information content (AvgIpc) is 2.74. The van der Waals surface area contributed by atoms with Crippen LogP contribution in [0, 0.1) is 10.1 Å². The molecule has 0 amide bonds. The lowest BCUT2D eigenvalue weighted by Crippen LogP contribution is -2.23. The monoisotopic (exact) mass is 233 g/mol. The average molecular weight is 233 g/mol. The number of carbonyl (C=O) groups excluding carboxylic acids is 1. The largest absolute Gasteiger partial charge is 0.371 e. The van der Waals surface area contributed by atoms with E-state index < -0.39 is 4.92 Å². The van der Waals surface area contributed by atoms with Crippen molar-refractivity contribution in [3.05, 3.63) is 58.3 Å². The molecule has 0 radical (unpaired) electrons. The van der Waals surface area contributed by atoms with Gasteiger partial charge in [-0.2, -0.15) is 0 Å². The first-order valence-corrected chi connectivity index (χ1v) is 4.61. The van der Waals surface area contributed by atoms with Gasteiger partial charge >= 0.3 is 11.6 Å². The van der Waals surface area contributed by atoms with Gasteiger partial charge in [-0.3, -0.25) is 0 Å². The van der Waals surface area contributed by atoms with E-state index in [9.17, 15) is 14.9 Å². The van der Waals surface area contributed by atoms with Crippen LogP contribution in [0.3, 0.4) is 0 Å². The molecule has 2 rings (SSSR count). The van der Waals surface area contributed by atoms with Crippen LogP contribution in [0.2, 0.25) is 0 Å². The lowest BCUT2D eigenvalue weighted by molar-refractivity contribution is -0.430. The molecule has 1 heterocycles. The minimum absolute atomic E-state index is 0.166. The minimum atomic E-state index is -0.661. The number of hydrogen-bond acceptors (Lipinski definition) is 6. The zero-order valence-electron chi connectivity index (χ0n) is 8.49. The summed E-state index contributed by atoms with van der Waals surface area (Å²) >= 11 is 0. The van der Waals surface area contributed by atoms with Gasteiger partial charge in [0.25, 0.3) is 0 Å². The van der Waals surface area contributed by atoms with Crippen molar-refractivity contribution in [2.45, 2.75) is 0 Å². The van der Waals surface area contributed by atoms with Crippen molar-refractivity contribution >= 4 is 5.94 Å². The SMILES string of the molecule is O=C=C1NC([N+](=O)[O-])=CN1Oc1ccccc1. The van der Waals surface area contributed by atoms with Gasteiger partial charge in [0.1, 0.15) is 6.20 Å². The Hall–Kier alpha value is -2.79. The quantitative estimate of drug-likeness (QED) is 0.468. The minimum Gasteiger partial charge on any atom is -0.371 e. The van der Waals surface area contributed by atoms with E-state index in [1.807, 2.05) is 0 Å². The van der Waals surface area contributed by atoms with Gasteiger partial charge in [-0.1, -0.05) is 18.2 Å². The van der Waals surface area contributed by atoms with Gasteiger partial charge in [-0.05, 0) is 17.1 Å². The zero-order valence-corrected chi connectivity index (χ0v) is 8.49. The third-order valence-corrected chi connectivity index (χ3v) is 1.95. The van der Waals surface area contributed by atoms with Gasteiger partial charge in [0.05, 0.1) is 0 Å². The van der Waals surface area contributed by atoms with Crippen molar-refractivity contribution in [1.82, 2.24) is 10.4 Å². The normalized spacial score (nSPS) is 13.8. The molecule has 0 saturated heterocycles. The maximum Gasteiger partial charge on any atom is 0.343 e. The molecule has 1 aromatic rings. The summed E-state index contributed by atoms with van der Waals surface area (Å²) in [6, 6.07) is 8.58. The molecule has 0 fully saturated rings. The molecule has 0 aliphatic carbocycles. The number of nitro groups is 1. The van der Waals surface area contributed by atoms with Crippen LogP contribution in [0.15, 0.2) is 48.2 Å². The van der Waals surface area contributed by atoms with Crippen LogP contribution in [0.25, 0.3) is 0 Å². The smallest absolute Gasteiger partial charge is 0.343 e. The number of nitrogens with one attached hydrogen (secondary N) is 1. The second kappa shape index (κ2) is 4.38. The standard InChI is InChI=1S/C10H7N3O4/c14-7-10-11-9(13(15)16)6-12(10)17-8-4-2-1-3-5-8/h1-6,11H. The number of nitrogens with zero attached hydrogens (tertiary/aromatic N) is 2. The third kappa shape index (κ3) is 2.24. The van der Waals surface area contributed by atoms with Crippen LogP contribution in [0.5, 0.6) is 5.75 Å². The highest BCUT2D eigenvalue weighted by Crippen LogP contribution is 2.17. The van der Waals surface area contributed by atoms with Gasteiger partial charge in [0.15, 0.2) is 11.7 Å². The van der Waals surface area contributed by atoms with Crippen LogP contribution in [-0.4, -0.2) is 15.9 Å². The van der Waals surface area contributed by atoms with E-state index in [0.717, 1.165) is 11.3 Å². The van der Waals surface area contributed by atoms with E-state index in [0.29, 0.717) is 5.75 Å². The highest BCUT2D eigenvalue weighted by atomic mass is 16.7. The predicted molar refractivity (Wildman–Crippen MR) is 56.3 cm³/mol. The fourth-order valence-electron chi connectivity index (χ4n) is 1.21. The number of hydroxylamine groups is 2. The van der Waals surface area contributed by atoms with Crippen molar-refractivity contribution < 1.29 is 14.6 Å². The molecule has 1 aromatic carbocycles. The highest BCUT2D eigenvalue weighted by Gasteiger charge is 2.29. The Kier molecular flexibility index (Phi) is 2.76. The van der Waals surface area contributed by atoms with E-state index in [1.165, 1.54) is 5.94 Å². The molecule has 7 heteroatoms. The number of para-hydroxylation sites is 1. The molecule has 7 nitrogen and oxygen atoms in total. The molecule has 0 spiro atoms. The Labute approximate surface area is 95.7 Å². The first-order valence-electron chi connectivity index (χ1n) is 4.61. The summed E-state index contributed by atoms with van der Waals surface area (Å²) < 4.78 is 0. The summed E-state index contributed by atoms with van der Waals surface area (Å²) in [5.41, 5.74) is 0. The molecular weight excluding hydrogens is 226 g/mol. The molecule has 1 aliphatic rings. The molecule has 0 aromatic heterocycles. The Bertz CT molecular complexity index is 520. The van der Waals surface area contributed by atoms with E-state index >= 15 is 0 Å². The Morgan fingerprint density at radius 1 is 1.35 bits per heavy atom. The van der Waals surface area contributed by atoms with Crippen LogP contribution in [-0.2, 0) is 4.79 Å². The van der Waals surface area contributed by atoms with E-state index in [1.54, 1.807) is 30.3 Å². The summed E-state index contributed by atoms with van der Waals surface area (Å²) in [4.78, 5) is 25.7. The first-order chi connectivity index (χ1) is 8.20. The molecule has 1 N–H and O–H groups in total.